The summed E-state index contributed by atoms with van der Waals surface area (Å²) >= 11 is 0. The maximum Gasteiger partial charge on any atom is 0.163 e. The Morgan fingerprint density at radius 3 is 0.947 bits per heavy atom. The van der Waals surface area contributed by atoms with Crippen molar-refractivity contribution in [2.45, 2.75) is 200 Å². The monoisotopic (exact) mass is 541 g/mol. The van der Waals surface area contributed by atoms with Crippen molar-refractivity contribution in [1.82, 2.24) is 5.06 Å². The van der Waals surface area contributed by atoms with Gasteiger partial charge in [-0.15, -0.1) is 0 Å². The van der Waals surface area contributed by atoms with Crippen molar-refractivity contribution in [3.63, 3.8) is 0 Å². The fraction of sp³-hybridized carbons (Fsp3) is 1.00. The molecule has 0 aromatic heterocycles. The van der Waals surface area contributed by atoms with Gasteiger partial charge in [0.25, 0.3) is 0 Å². The van der Waals surface area contributed by atoms with Gasteiger partial charge in [-0.2, -0.15) is 0 Å². The molecule has 38 heavy (non-hydrogen) atoms. The van der Waals surface area contributed by atoms with Gasteiger partial charge >= 0.3 is 0 Å². The molecular formula is C34H70NO3-. The molecule has 0 rings (SSSR count). The highest BCUT2D eigenvalue weighted by Crippen LogP contribution is 2.21. The van der Waals surface area contributed by atoms with Crippen molar-refractivity contribution in [2.75, 3.05) is 13.1 Å². The van der Waals surface area contributed by atoms with Crippen LogP contribution in [-0.4, -0.2) is 34.7 Å². The summed E-state index contributed by atoms with van der Waals surface area (Å²) in [6.45, 7) is 4.82. The first kappa shape index (κ1) is 37.8. The maximum atomic E-state index is 12.1. The van der Waals surface area contributed by atoms with Crippen molar-refractivity contribution < 1.29 is 10.2 Å². The molecule has 4 nitrogen and oxygen atoms in total. The second kappa shape index (κ2) is 31.4. The van der Waals surface area contributed by atoms with Gasteiger partial charge in [-0.1, -0.05) is 181 Å². The van der Waals surface area contributed by atoms with Crippen molar-refractivity contribution in [3.05, 3.63) is 5.21 Å². The molecule has 0 amide bonds. The van der Waals surface area contributed by atoms with E-state index in [1.165, 1.54) is 167 Å². The van der Waals surface area contributed by atoms with Crippen molar-refractivity contribution in [1.29, 1.82) is 0 Å². The number of aliphatic hydroxyl groups is 2. The summed E-state index contributed by atoms with van der Waals surface area (Å²) in [5.41, 5.74) is 0. The van der Waals surface area contributed by atoms with Crippen LogP contribution < -0.4 is 0 Å². The van der Waals surface area contributed by atoms with Gasteiger partial charge in [-0.3, -0.25) is 0 Å². The number of hydrogen-bond acceptors (Lipinski definition) is 4. The van der Waals surface area contributed by atoms with Gasteiger partial charge in [0.1, 0.15) is 0 Å². The molecular weight excluding hydrogens is 470 g/mol. The quantitative estimate of drug-likeness (QED) is 0.0506. The zero-order valence-electron chi connectivity index (χ0n) is 26.1. The van der Waals surface area contributed by atoms with E-state index >= 15 is 0 Å². The third kappa shape index (κ3) is 30.4. The van der Waals surface area contributed by atoms with E-state index in [-0.39, 0.29) is 6.54 Å². The number of unbranched alkanes of at least 4 members (excludes halogenated alkanes) is 24. The van der Waals surface area contributed by atoms with Crippen LogP contribution in [0.3, 0.4) is 0 Å². The number of aliphatic hydroxyl groups excluding tert-OH is 1. The minimum absolute atomic E-state index is 0.187. The molecule has 0 saturated carbocycles. The molecule has 0 aliphatic rings. The maximum absolute atomic E-state index is 12.1. The molecule has 0 saturated heterocycles. The molecule has 0 bridgehead atoms. The third-order valence-electron chi connectivity index (χ3n) is 8.26. The van der Waals surface area contributed by atoms with E-state index in [1.54, 1.807) is 0 Å². The molecule has 0 heterocycles. The van der Waals surface area contributed by atoms with Crippen LogP contribution in [0.25, 0.3) is 0 Å². The van der Waals surface area contributed by atoms with Gasteiger partial charge in [-0.25, -0.2) is 0 Å². The molecule has 0 aliphatic heterocycles. The van der Waals surface area contributed by atoms with Gasteiger partial charge < -0.3 is 20.5 Å². The summed E-state index contributed by atoms with van der Waals surface area (Å²) in [4.78, 5) is 0. The normalized spacial score (nSPS) is 12.7. The fourth-order valence-corrected chi connectivity index (χ4v) is 5.77. The number of rotatable bonds is 32. The predicted octanol–water partition coefficient (Wildman–Crippen LogP) is 10.7. The van der Waals surface area contributed by atoms with Crippen LogP contribution >= 0.6 is 0 Å². The number of hydrogen-bond donors (Lipinski definition) is 2. The van der Waals surface area contributed by atoms with E-state index in [9.17, 15) is 5.21 Å². The summed E-state index contributed by atoms with van der Waals surface area (Å²) in [7, 11) is 0. The first-order chi connectivity index (χ1) is 18.6. The van der Waals surface area contributed by atoms with Gasteiger partial charge in [0, 0.05) is 6.54 Å². The smallest absolute Gasteiger partial charge is 0.163 e. The van der Waals surface area contributed by atoms with Crippen LogP contribution in [0.15, 0.2) is 0 Å². The summed E-state index contributed by atoms with van der Waals surface area (Å²) < 4.78 is 0. The molecule has 0 aromatic rings. The van der Waals surface area contributed by atoms with Crippen molar-refractivity contribution in [3.8, 4) is 0 Å². The Labute approximate surface area is 239 Å². The lowest BCUT2D eigenvalue weighted by Gasteiger charge is -2.33. The summed E-state index contributed by atoms with van der Waals surface area (Å²) in [6, 6.07) is 0. The Morgan fingerprint density at radius 1 is 0.421 bits per heavy atom. The van der Waals surface area contributed by atoms with E-state index in [4.69, 9.17) is 10.2 Å². The van der Waals surface area contributed by atoms with Gasteiger partial charge in [-0.05, 0) is 25.3 Å². The van der Waals surface area contributed by atoms with Crippen LogP contribution in [0.5, 0.6) is 0 Å². The molecule has 1 unspecified atom stereocenters. The van der Waals surface area contributed by atoms with Crippen LogP contribution in [-0.2, 0) is 0 Å². The van der Waals surface area contributed by atoms with Gasteiger partial charge in [0.15, 0.2) is 6.29 Å². The minimum atomic E-state index is -1.53. The highest BCUT2D eigenvalue weighted by atomic mass is 16.5. The Hall–Kier alpha value is -0.160. The van der Waals surface area contributed by atoms with E-state index in [0.717, 1.165) is 17.9 Å². The molecule has 4 heteroatoms. The standard InChI is InChI=1S/C34H70NO3/c1-3-5-7-9-11-13-15-17-18-20-22-24-26-28-30-33(31-35(38)32-34(36)37)29-27-25-23-21-19-16-14-12-10-8-6-4-2/h33-34,36-37H,3-32H2,1-2H3/q-1. The molecule has 0 spiro atoms. The van der Waals surface area contributed by atoms with Crippen LogP contribution in [0.1, 0.15) is 194 Å². The first-order valence-corrected chi connectivity index (χ1v) is 17.4. The van der Waals surface area contributed by atoms with E-state index in [2.05, 4.69) is 13.8 Å². The second-order valence-electron chi connectivity index (χ2n) is 12.3. The molecule has 230 valence electrons. The summed E-state index contributed by atoms with van der Waals surface area (Å²) in [6.07, 6.45) is 36.2. The first-order valence-electron chi connectivity index (χ1n) is 17.4. The lowest BCUT2D eigenvalue weighted by atomic mass is 9.93. The Kier molecular flexibility index (Phi) is 31.2. The molecule has 1 atom stereocenters. The second-order valence-corrected chi connectivity index (χ2v) is 12.3. The van der Waals surface area contributed by atoms with E-state index < -0.39 is 6.29 Å². The van der Waals surface area contributed by atoms with Gasteiger partial charge in [0.2, 0.25) is 0 Å². The molecule has 0 aromatic carbocycles. The minimum Gasteiger partial charge on any atom is -0.785 e. The average Bonchev–Trinajstić information content (AvgIpc) is 2.88. The lowest BCUT2D eigenvalue weighted by molar-refractivity contribution is -0.0558. The van der Waals surface area contributed by atoms with E-state index in [1.807, 2.05) is 0 Å². The summed E-state index contributed by atoms with van der Waals surface area (Å²) in [5, 5.41) is 31.3. The predicted molar refractivity (Wildman–Crippen MR) is 167 cm³/mol. The zero-order valence-corrected chi connectivity index (χ0v) is 26.1. The van der Waals surface area contributed by atoms with E-state index in [0.29, 0.717) is 12.5 Å². The third-order valence-corrected chi connectivity index (χ3v) is 8.26. The largest absolute Gasteiger partial charge is 0.785 e. The topological polar surface area (TPSA) is 66.8 Å². The van der Waals surface area contributed by atoms with Crippen LogP contribution in [0.4, 0.5) is 0 Å². The SMILES string of the molecule is CCCCCCCCCCCCCCCCC(CCCCCCCCCCCCCC)CN([O-])CC(O)O. The highest BCUT2D eigenvalue weighted by Gasteiger charge is 2.11. The molecule has 0 radical (unpaired) electrons. The van der Waals surface area contributed by atoms with Gasteiger partial charge in [0.05, 0.1) is 0 Å². The lowest BCUT2D eigenvalue weighted by Crippen LogP contribution is -2.31. The van der Waals surface area contributed by atoms with Crippen molar-refractivity contribution >= 4 is 0 Å². The fourth-order valence-electron chi connectivity index (χ4n) is 5.77. The summed E-state index contributed by atoms with van der Waals surface area (Å²) in [5.74, 6) is 0.395. The van der Waals surface area contributed by atoms with Crippen molar-refractivity contribution in [2.24, 2.45) is 5.92 Å². The Bertz CT molecular complexity index is 432. The molecule has 0 fully saturated rings. The highest BCUT2D eigenvalue weighted by molar-refractivity contribution is 4.68. The molecule has 2 N–H and O–H groups in total. The Balaban J connectivity index is 3.78. The van der Waals surface area contributed by atoms with Crippen LogP contribution in [0.2, 0.25) is 0 Å². The Morgan fingerprint density at radius 2 is 0.684 bits per heavy atom. The number of hydroxylamine groups is 2. The average molecular weight is 541 g/mol. The number of nitrogens with zero attached hydrogens (tertiary/aromatic N) is 1. The molecule has 0 aliphatic carbocycles. The van der Waals surface area contributed by atoms with Crippen LogP contribution in [0, 0.1) is 11.1 Å². The zero-order chi connectivity index (χ0) is 27.9.